The SMILES string of the molecule is C#CC(CC)NC(=O)[C@@H](N)CC. The summed E-state index contributed by atoms with van der Waals surface area (Å²) in [5, 5.41) is 2.67. The fourth-order valence-corrected chi connectivity index (χ4v) is 0.726. The van der Waals surface area contributed by atoms with Crippen LogP contribution in [0, 0.1) is 12.3 Å². The smallest absolute Gasteiger partial charge is 0.237 e. The van der Waals surface area contributed by atoms with Gasteiger partial charge in [0.1, 0.15) is 0 Å². The van der Waals surface area contributed by atoms with Crippen molar-refractivity contribution in [3.63, 3.8) is 0 Å². The van der Waals surface area contributed by atoms with E-state index in [1.165, 1.54) is 0 Å². The van der Waals surface area contributed by atoms with E-state index in [1.54, 1.807) is 0 Å². The largest absolute Gasteiger partial charge is 0.341 e. The van der Waals surface area contributed by atoms with Crippen molar-refractivity contribution in [1.29, 1.82) is 0 Å². The molecule has 0 aliphatic heterocycles. The van der Waals surface area contributed by atoms with Crippen LogP contribution in [0.15, 0.2) is 0 Å². The summed E-state index contributed by atoms with van der Waals surface area (Å²) in [6.45, 7) is 3.78. The Morgan fingerprint density at radius 3 is 2.50 bits per heavy atom. The van der Waals surface area contributed by atoms with Gasteiger partial charge >= 0.3 is 0 Å². The molecule has 0 spiro atoms. The summed E-state index contributed by atoms with van der Waals surface area (Å²) in [4.78, 5) is 11.2. The van der Waals surface area contributed by atoms with E-state index >= 15 is 0 Å². The van der Waals surface area contributed by atoms with Gasteiger partial charge < -0.3 is 11.1 Å². The third-order valence-corrected chi connectivity index (χ3v) is 1.70. The van der Waals surface area contributed by atoms with Crippen LogP contribution in [-0.2, 0) is 4.79 Å². The minimum Gasteiger partial charge on any atom is -0.341 e. The van der Waals surface area contributed by atoms with Crippen molar-refractivity contribution >= 4 is 5.91 Å². The fourth-order valence-electron chi connectivity index (χ4n) is 0.726. The highest BCUT2D eigenvalue weighted by Gasteiger charge is 2.13. The van der Waals surface area contributed by atoms with E-state index in [4.69, 9.17) is 12.2 Å². The van der Waals surface area contributed by atoms with Crippen LogP contribution in [0.2, 0.25) is 0 Å². The van der Waals surface area contributed by atoms with E-state index in [0.29, 0.717) is 6.42 Å². The van der Waals surface area contributed by atoms with E-state index in [0.717, 1.165) is 6.42 Å². The summed E-state index contributed by atoms with van der Waals surface area (Å²) in [6.07, 6.45) is 6.53. The Morgan fingerprint density at radius 2 is 2.17 bits per heavy atom. The second-order valence-corrected chi connectivity index (χ2v) is 2.65. The molecule has 3 heteroatoms. The maximum absolute atomic E-state index is 11.2. The third kappa shape index (κ3) is 3.40. The second-order valence-electron chi connectivity index (χ2n) is 2.65. The first-order valence-electron chi connectivity index (χ1n) is 4.17. The van der Waals surface area contributed by atoms with Crippen LogP contribution in [0.5, 0.6) is 0 Å². The predicted molar refractivity (Wildman–Crippen MR) is 49.3 cm³/mol. The molecule has 0 aliphatic rings. The highest BCUT2D eigenvalue weighted by Crippen LogP contribution is 1.91. The Morgan fingerprint density at radius 1 is 1.58 bits per heavy atom. The minimum absolute atomic E-state index is 0.165. The zero-order valence-electron chi connectivity index (χ0n) is 7.63. The van der Waals surface area contributed by atoms with Crippen LogP contribution in [0.4, 0.5) is 0 Å². The molecule has 2 atom stereocenters. The maximum Gasteiger partial charge on any atom is 0.237 e. The Labute approximate surface area is 73.7 Å². The average Bonchev–Trinajstić information content (AvgIpc) is 2.12. The van der Waals surface area contributed by atoms with Crippen LogP contribution in [0.3, 0.4) is 0 Å². The van der Waals surface area contributed by atoms with Crippen LogP contribution < -0.4 is 11.1 Å². The topological polar surface area (TPSA) is 55.1 Å². The number of nitrogens with one attached hydrogen (secondary N) is 1. The molecule has 0 fully saturated rings. The quantitative estimate of drug-likeness (QED) is 0.591. The third-order valence-electron chi connectivity index (χ3n) is 1.70. The summed E-state index contributed by atoms with van der Waals surface area (Å²) in [6, 6.07) is -0.623. The van der Waals surface area contributed by atoms with E-state index in [1.807, 2.05) is 13.8 Å². The molecule has 0 aromatic carbocycles. The normalized spacial score (nSPS) is 14.5. The molecule has 3 nitrogen and oxygen atoms in total. The van der Waals surface area contributed by atoms with Crippen molar-refractivity contribution in [2.75, 3.05) is 0 Å². The molecular formula is C9H16N2O. The molecule has 0 aromatic heterocycles. The van der Waals surface area contributed by atoms with E-state index in [9.17, 15) is 4.79 Å². The highest BCUT2D eigenvalue weighted by molar-refractivity contribution is 5.81. The van der Waals surface area contributed by atoms with Gasteiger partial charge in [0.05, 0.1) is 12.1 Å². The first kappa shape index (κ1) is 11.0. The molecular weight excluding hydrogens is 152 g/mol. The molecule has 3 N–H and O–H groups in total. The van der Waals surface area contributed by atoms with Crippen LogP contribution >= 0.6 is 0 Å². The van der Waals surface area contributed by atoms with Gasteiger partial charge in [0, 0.05) is 0 Å². The summed E-state index contributed by atoms with van der Waals surface area (Å²) >= 11 is 0. The molecule has 0 bridgehead atoms. The standard InChI is InChI=1S/C9H16N2O/c1-4-7(5-2)11-9(12)8(10)6-3/h1,7-8H,5-6,10H2,2-3H3,(H,11,12)/t7?,8-/m0/s1. The lowest BCUT2D eigenvalue weighted by Gasteiger charge is -2.13. The van der Waals surface area contributed by atoms with Crippen molar-refractivity contribution in [3.05, 3.63) is 0 Å². The van der Waals surface area contributed by atoms with E-state index in [2.05, 4.69) is 11.2 Å². The summed E-state index contributed by atoms with van der Waals surface area (Å²) in [5.41, 5.74) is 5.49. The van der Waals surface area contributed by atoms with Crippen molar-refractivity contribution < 1.29 is 4.79 Å². The van der Waals surface area contributed by atoms with E-state index in [-0.39, 0.29) is 11.9 Å². The first-order chi connectivity index (χ1) is 5.65. The van der Waals surface area contributed by atoms with Crippen LogP contribution in [0.1, 0.15) is 26.7 Å². The summed E-state index contributed by atoms with van der Waals surface area (Å²) < 4.78 is 0. The number of amides is 1. The summed E-state index contributed by atoms with van der Waals surface area (Å²) in [7, 11) is 0. The number of carbonyl (C=O) groups is 1. The molecule has 0 rings (SSSR count). The van der Waals surface area contributed by atoms with Gasteiger partial charge in [-0.2, -0.15) is 0 Å². The summed E-state index contributed by atoms with van der Waals surface area (Å²) in [5.74, 6) is 2.31. The average molecular weight is 168 g/mol. The van der Waals surface area contributed by atoms with Gasteiger partial charge in [-0.3, -0.25) is 4.79 Å². The molecule has 0 radical (unpaired) electrons. The second kappa shape index (κ2) is 5.62. The van der Waals surface area contributed by atoms with Gasteiger partial charge in [-0.15, -0.1) is 6.42 Å². The first-order valence-corrected chi connectivity index (χ1v) is 4.17. The van der Waals surface area contributed by atoms with Crippen LogP contribution in [-0.4, -0.2) is 18.0 Å². The van der Waals surface area contributed by atoms with Gasteiger partial charge in [-0.25, -0.2) is 0 Å². The molecule has 1 amide bonds. The fraction of sp³-hybridized carbons (Fsp3) is 0.667. The molecule has 12 heavy (non-hydrogen) atoms. The number of nitrogens with two attached hydrogens (primary N) is 1. The van der Waals surface area contributed by atoms with Crippen LogP contribution in [0.25, 0.3) is 0 Å². The number of carbonyl (C=O) groups excluding carboxylic acids is 1. The number of terminal acetylenes is 1. The number of hydrogen-bond donors (Lipinski definition) is 2. The van der Waals surface area contributed by atoms with Crippen molar-refractivity contribution in [2.45, 2.75) is 38.8 Å². The number of hydrogen-bond acceptors (Lipinski definition) is 2. The lowest BCUT2D eigenvalue weighted by molar-refractivity contribution is -0.122. The Balaban J connectivity index is 3.92. The Hall–Kier alpha value is -1.01. The molecule has 68 valence electrons. The minimum atomic E-state index is -0.438. The lowest BCUT2D eigenvalue weighted by atomic mass is 10.2. The van der Waals surface area contributed by atoms with E-state index < -0.39 is 6.04 Å². The van der Waals surface area contributed by atoms with Gasteiger partial charge in [0.2, 0.25) is 5.91 Å². The highest BCUT2D eigenvalue weighted by atomic mass is 16.2. The molecule has 0 saturated carbocycles. The molecule has 0 heterocycles. The Kier molecular flexibility index (Phi) is 5.14. The number of rotatable bonds is 4. The van der Waals surface area contributed by atoms with Gasteiger partial charge in [0.15, 0.2) is 0 Å². The lowest BCUT2D eigenvalue weighted by Crippen LogP contribution is -2.44. The van der Waals surface area contributed by atoms with Gasteiger partial charge in [-0.05, 0) is 12.8 Å². The molecule has 0 aromatic rings. The van der Waals surface area contributed by atoms with Crippen molar-refractivity contribution in [1.82, 2.24) is 5.32 Å². The Bertz CT molecular complexity index is 183. The predicted octanol–water partition coefficient (Wildman–Crippen LogP) is 0.252. The monoisotopic (exact) mass is 168 g/mol. The molecule has 1 unspecified atom stereocenters. The molecule has 0 aliphatic carbocycles. The van der Waals surface area contributed by atoms with Gasteiger partial charge in [-0.1, -0.05) is 19.8 Å². The molecule has 0 saturated heterocycles. The van der Waals surface area contributed by atoms with Gasteiger partial charge in [0.25, 0.3) is 0 Å². The van der Waals surface area contributed by atoms with Crippen molar-refractivity contribution in [3.8, 4) is 12.3 Å². The van der Waals surface area contributed by atoms with Crippen molar-refractivity contribution in [2.24, 2.45) is 5.73 Å². The maximum atomic E-state index is 11.2. The zero-order chi connectivity index (χ0) is 9.56. The zero-order valence-corrected chi connectivity index (χ0v) is 7.63.